The summed E-state index contributed by atoms with van der Waals surface area (Å²) in [6.07, 6.45) is 0. The molecule has 0 bridgehead atoms. The maximum Gasteiger partial charge on any atom is 0.707 e. The van der Waals surface area contributed by atoms with Crippen LogP contribution in [0.1, 0.15) is 0 Å². The van der Waals surface area contributed by atoms with Crippen LogP contribution in [0.2, 0.25) is 0 Å². The van der Waals surface area contributed by atoms with E-state index in [0.717, 1.165) is 0 Å². The number of benzene rings is 2. The highest BCUT2D eigenvalue weighted by Gasteiger charge is 2.11. The van der Waals surface area contributed by atoms with E-state index in [9.17, 15) is 0 Å². The van der Waals surface area contributed by atoms with E-state index >= 15 is 0 Å². The van der Waals surface area contributed by atoms with Crippen LogP contribution >= 0.6 is 0 Å². The Morgan fingerprint density at radius 3 is 1.25 bits per heavy atom. The Hall–Kier alpha value is -2.39. The molecule has 2 rings (SSSR count). The van der Waals surface area contributed by atoms with Gasteiger partial charge >= 0.3 is 14.6 Å². The summed E-state index contributed by atoms with van der Waals surface area (Å²) in [4.78, 5) is 0. The first-order valence-electron chi connectivity index (χ1n) is 6.78. The summed E-state index contributed by atoms with van der Waals surface area (Å²) in [5.74, 6) is 1.91. The van der Waals surface area contributed by atoms with Crippen LogP contribution in [-0.4, -0.2) is 49.0 Å². The first-order chi connectivity index (χ1) is 11.4. The molecule has 4 N–H and O–H groups in total. The van der Waals surface area contributed by atoms with Crippen LogP contribution in [0.15, 0.2) is 48.5 Å². The fraction of sp³-hybridized carbons (Fsp3) is 0.143. The van der Waals surface area contributed by atoms with E-state index in [4.69, 9.17) is 29.6 Å². The molecule has 0 aromatic heterocycles. The predicted octanol–water partition coefficient (Wildman–Crippen LogP) is 0.0870. The molecule has 0 radical (unpaired) electrons. The van der Waals surface area contributed by atoms with E-state index in [1.165, 1.54) is 14.2 Å². The fourth-order valence-corrected chi connectivity index (χ4v) is 1.59. The number of ether oxygens (including phenoxy) is 2. The summed E-state index contributed by atoms with van der Waals surface area (Å²) in [5, 5.41) is 33.8. The number of methoxy groups -OCH3 is 2. The summed E-state index contributed by atoms with van der Waals surface area (Å²) in [5.41, 5.74) is 0. The van der Waals surface area contributed by atoms with E-state index in [1.54, 1.807) is 48.5 Å². The predicted molar refractivity (Wildman–Crippen MR) is 87.6 cm³/mol. The van der Waals surface area contributed by atoms with Crippen molar-refractivity contribution in [3.05, 3.63) is 48.5 Å². The Kier molecular flexibility index (Phi) is 8.51. The second-order valence-electron chi connectivity index (χ2n) is 4.25. The molecule has 0 saturated carbocycles. The summed E-state index contributed by atoms with van der Waals surface area (Å²) < 4.78 is 19.0. The van der Waals surface area contributed by atoms with Crippen molar-refractivity contribution in [2.75, 3.05) is 14.2 Å². The normalized spacial score (nSPS) is 9.25. The van der Waals surface area contributed by atoms with Crippen LogP contribution in [0.25, 0.3) is 0 Å². The molecule has 0 aliphatic heterocycles. The molecule has 0 aliphatic carbocycles. The summed E-state index contributed by atoms with van der Waals surface area (Å²) >= 11 is 0. The Morgan fingerprint density at radius 1 is 0.625 bits per heavy atom. The third kappa shape index (κ3) is 7.75. The Morgan fingerprint density at radius 2 is 0.958 bits per heavy atom. The van der Waals surface area contributed by atoms with Crippen LogP contribution in [0.5, 0.6) is 23.0 Å². The highest BCUT2D eigenvalue weighted by molar-refractivity contribution is 6.34. The first kappa shape index (κ1) is 19.7. The lowest BCUT2D eigenvalue weighted by atomic mass is 10.2. The average Bonchev–Trinajstić information content (AvgIpc) is 2.54. The second-order valence-corrected chi connectivity index (χ2v) is 4.25. The number of hydrogen-bond donors (Lipinski definition) is 4. The number of hydrogen-bond acceptors (Lipinski definition) is 8. The molecule has 2 aromatic rings. The molecule has 0 aliphatic rings. The molecule has 10 heteroatoms. The SMILES string of the molecule is COc1cccc(OB(O)O)c1.COc1cccc(OB(O)O)c1. The zero-order valence-electron chi connectivity index (χ0n) is 13.2. The lowest BCUT2D eigenvalue weighted by Gasteiger charge is -2.05. The van der Waals surface area contributed by atoms with Crippen molar-refractivity contribution in [2.24, 2.45) is 0 Å². The maximum absolute atomic E-state index is 8.46. The smallest absolute Gasteiger partial charge is 0.512 e. The molecule has 24 heavy (non-hydrogen) atoms. The minimum atomic E-state index is -1.79. The van der Waals surface area contributed by atoms with Crippen molar-refractivity contribution >= 4 is 14.6 Å². The molecule has 0 atom stereocenters. The maximum atomic E-state index is 8.46. The molecule has 8 nitrogen and oxygen atoms in total. The van der Waals surface area contributed by atoms with Gasteiger partial charge in [0.2, 0.25) is 0 Å². The fourth-order valence-electron chi connectivity index (χ4n) is 1.59. The summed E-state index contributed by atoms with van der Waals surface area (Å²) in [7, 11) is -0.544. The van der Waals surface area contributed by atoms with E-state index in [-0.39, 0.29) is 0 Å². The monoisotopic (exact) mass is 336 g/mol. The minimum Gasteiger partial charge on any atom is -0.512 e. The standard InChI is InChI=1S/2C7H9BO4/c2*1-11-6-3-2-4-7(5-6)12-8(9)10/h2*2-5,9-10H,1H3. The van der Waals surface area contributed by atoms with Gasteiger partial charge in [0, 0.05) is 12.1 Å². The molecular weight excluding hydrogens is 318 g/mol. The first-order valence-corrected chi connectivity index (χ1v) is 6.78. The second kappa shape index (κ2) is 10.4. The van der Waals surface area contributed by atoms with Gasteiger partial charge in [-0.1, -0.05) is 12.1 Å². The van der Waals surface area contributed by atoms with E-state index in [0.29, 0.717) is 23.0 Å². The third-order valence-electron chi connectivity index (χ3n) is 2.57. The molecule has 0 heterocycles. The van der Waals surface area contributed by atoms with E-state index in [2.05, 4.69) is 9.31 Å². The van der Waals surface area contributed by atoms with Gasteiger partial charge in [0.1, 0.15) is 23.0 Å². The quantitative estimate of drug-likeness (QED) is 0.548. The van der Waals surface area contributed by atoms with Crippen molar-refractivity contribution in [1.82, 2.24) is 0 Å². The highest BCUT2D eigenvalue weighted by Crippen LogP contribution is 2.19. The lowest BCUT2D eigenvalue weighted by molar-refractivity contribution is 0.286. The van der Waals surface area contributed by atoms with Gasteiger partial charge in [-0.25, -0.2) is 0 Å². The van der Waals surface area contributed by atoms with Gasteiger partial charge in [-0.2, -0.15) is 0 Å². The molecule has 128 valence electrons. The zero-order valence-corrected chi connectivity index (χ0v) is 13.2. The van der Waals surface area contributed by atoms with Gasteiger partial charge in [0.15, 0.2) is 0 Å². The van der Waals surface area contributed by atoms with Crippen LogP contribution in [0.3, 0.4) is 0 Å². The number of rotatable bonds is 6. The van der Waals surface area contributed by atoms with Crippen molar-refractivity contribution in [1.29, 1.82) is 0 Å². The van der Waals surface area contributed by atoms with Gasteiger partial charge in [-0.15, -0.1) is 0 Å². The Balaban J connectivity index is 0.000000240. The van der Waals surface area contributed by atoms with Gasteiger partial charge < -0.3 is 38.9 Å². The summed E-state index contributed by atoms with van der Waals surface area (Å²) in [6, 6.07) is 13.2. The lowest BCUT2D eigenvalue weighted by Crippen LogP contribution is -2.20. The van der Waals surface area contributed by atoms with Crippen LogP contribution in [0.4, 0.5) is 0 Å². The van der Waals surface area contributed by atoms with Crippen LogP contribution in [0, 0.1) is 0 Å². The molecule has 0 unspecified atom stereocenters. The largest absolute Gasteiger partial charge is 0.707 e. The zero-order chi connectivity index (χ0) is 17.9. The molecular formula is C14H18B2O8. The van der Waals surface area contributed by atoms with Gasteiger partial charge in [0.05, 0.1) is 14.2 Å². The topological polar surface area (TPSA) is 118 Å². The Bertz CT molecular complexity index is 555. The van der Waals surface area contributed by atoms with Crippen LogP contribution < -0.4 is 18.8 Å². The van der Waals surface area contributed by atoms with Gasteiger partial charge in [-0.05, 0) is 24.3 Å². The van der Waals surface area contributed by atoms with Crippen molar-refractivity contribution in [2.45, 2.75) is 0 Å². The molecule has 0 saturated heterocycles. The van der Waals surface area contributed by atoms with E-state index in [1.807, 2.05) is 0 Å². The van der Waals surface area contributed by atoms with E-state index < -0.39 is 14.6 Å². The van der Waals surface area contributed by atoms with Gasteiger partial charge in [-0.3, -0.25) is 0 Å². The van der Waals surface area contributed by atoms with Crippen molar-refractivity contribution in [3.8, 4) is 23.0 Å². The highest BCUT2D eigenvalue weighted by atomic mass is 16.6. The van der Waals surface area contributed by atoms with Crippen molar-refractivity contribution in [3.63, 3.8) is 0 Å². The van der Waals surface area contributed by atoms with Crippen molar-refractivity contribution < 1.29 is 38.9 Å². The summed E-state index contributed by atoms with van der Waals surface area (Å²) in [6.45, 7) is 0. The molecule has 2 aromatic carbocycles. The third-order valence-corrected chi connectivity index (χ3v) is 2.57. The minimum absolute atomic E-state index is 0.351. The molecule has 0 amide bonds. The molecule has 0 spiro atoms. The molecule has 0 fully saturated rings. The average molecular weight is 336 g/mol. The van der Waals surface area contributed by atoms with Gasteiger partial charge in [0.25, 0.3) is 0 Å². The van der Waals surface area contributed by atoms with Crippen LogP contribution in [-0.2, 0) is 0 Å². The Labute approximate surface area is 140 Å².